The summed E-state index contributed by atoms with van der Waals surface area (Å²) in [6.07, 6.45) is 0.551. The lowest BCUT2D eigenvalue weighted by Gasteiger charge is -2.03. The summed E-state index contributed by atoms with van der Waals surface area (Å²) in [4.78, 5) is 0.358. The lowest BCUT2D eigenvalue weighted by atomic mass is 10.1. The Morgan fingerprint density at radius 1 is 1.35 bits per heavy atom. The fraction of sp³-hybridized carbons (Fsp3) is 0.182. The molecule has 0 amide bonds. The molecule has 0 saturated carbocycles. The number of fused-ring (bicyclic) bond motifs is 1. The molecule has 2 N–H and O–H groups in total. The zero-order valence-electron chi connectivity index (χ0n) is 8.88. The second-order valence-corrected chi connectivity index (χ2v) is 6.02. The van der Waals surface area contributed by atoms with Gasteiger partial charge in [-0.3, -0.25) is 0 Å². The number of sulfone groups is 1. The summed E-state index contributed by atoms with van der Waals surface area (Å²) in [6, 6.07) is 6.88. The standard InChI is InChI=1S/C11H10N2O3S/c12-10-6-9(16-13-10)8-3-1-2-7-4-5-17(14,15)11(7)8/h1-3,6H,4-5H2,(H2,12,13). The van der Waals surface area contributed by atoms with Crippen molar-refractivity contribution in [2.24, 2.45) is 0 Å². The fourth-order valence-corrected chi connectivity index (χ4v) is 3.87. The molecule has 2 heterocycles. The molecule has 0 unspecified atom stereocenters. The van der Waals surface area contributed by atoms with Crippen LogP contribution in [0.1, 0.15) is 5.56 Å². The molecule has 1 aromatic heterocycles. The zero-order valence-corrected chi connectivity index (χ0v) is 9.70. The van der Waals surface area contributed by atoms with Crippen LogP contribution in [-0.4, -0.2) is 19.3 Å². The SMILES string of the molecule is Nc1cc(-c2cccc3c2S(=O)(=O)CC3)on1. The van der Waals surface area contributed by atoms with Crippen molar-refractivity contribution in [1.29, 1.82) is 0 Å². The Labute approximate surface area is 98.1 Å². The van der Waals surface area contributed by atoms with E-state index in [-0.39, 0.29) is 11.6 Å². The molecule has 0 radical (unpaired) electrons. The maximum absolute atomic E-state index is 12.0. The van der Waals surface area contributed by atoms with Crippen molar-refractivity contribution in [3.05, 3.63) is 29.8 Å². The molecule has 0 fully saturated rings. The number of benzene rings is 1. The van der Waals surface area contributed by atoms with Gasteiger partial charge in [0.25, 0.3) is 0 Å². The molecule has 6 heteroatoms. The summed E-state index contributed by atoms with van der Waals surface area (Å²) in [5.74, 6) is 0.793. The normalized spacial score (nSPS) is 16.9. The molecule has 2 aromatic rings. The molecule has 0 atom stereocenters. The summed E-state index contributed by atoms with van der Waals surface area (Å²) in [5.41, 5.74) is 6.85. The summed E-state index contributed by atoms with van der Waals surface area (Å²) in [6.45, 7) is 0. The van der Waals surface area contributed by atoms with Gasteiger partial charge in [0.1, 0.15) is 0 Å². The van der Waals surface area contributed by atoms with Gasteiger partial charge in [-0.25, -0.2) is 8.42 Å². The van der Waals surface area contributed by atoms with Gasteiger partial charge in [-0.05, 0) is 18.1 Å². The molecule has 1 aliphatic heterocycles. The molecule has 3 rings (SSSR count). The molecule has 0 saturated heterocycles. The predicted octanol–water partition coefficient (Wildman–Crippen LogP) is 1.25. The first kappa shape index (κ1) is 10.3. The van der Waals surface area contributed by atoms with Crippen LogP contribution >= 0.6 is 0 Å². The molecular weight excluding hydrogens is 240 g/mol. The number of hydrogen-bond donors (Lipinski definition) is 1. The number of aromatic nitrogens is 1. The maximum atomic E-state index is 12.0. The molecule has 0 bridgehead atoms. The molecule has 1 aliphatic rings. The van der Waals surface area contributed by atoms with Gasteiger partial charge in [-0.15, -0.1) is 0 Å². The Morgan fingerprint density at radius 2 is 2.18 bits per heavy atom. The van der Waals surface area contributed by atoms with Crippen LogP contribution in [0.5, 0.6) is 0 Å². The van der Waals surface area contributed by atoms with Gasteiger partial charge >= 0.3 is 0 Å². The van der Waals surface area contributed by atoms with Crippen molar-refractivity contribution >= 4 is 15.7 Å². The average Bonchev–Trinajstić information content (AvgIpc) is 2.84. The van der Waals surface area contributed by atoms with Crippen molar-refractivity contribution in [2.45, 2.75) is 11.3 Å². The molecule has 5 nitrogen and oxygen atoms in total. The average molecular weight is 250 g/mol. The van der Waals surface area contributed by atoms with Crippen LogP contribution in [-0.2, 0) is 16.3 Å². The Balaban J connectivity index is 2.30. The smallest absolute Gasteiger partial charge is 0.179 e. The third-order valence-electron chi connectivity index (χ3n) is 2.84. The van der Waals surface area contributed by atoms with E-state index in [4.69, 9.17) is 10.3 Å². The summed E-state index contributed by atoms with van der Waals surface area (Å²) >= 11 is 0. The highest BCUT2D eigenvalue weighted by Crippen LogP contribution is 2.35. The number of hydrogen-bond acceptors (Lipinski definition) is 5. The maximum Gasteiger partial charge on any atom is 0.179 e. The number of rotatable bonds is 1. The van der Waals surface area contributed by atoms with Crippen LogP contribution in [0.25, 0.3) is 11.3 Å². The number of nitrogens with two attached hydrogens (primary N) is 1. The monoisotopic (exact) mass is 250 g/mol. The Hall–Kier alpha value is -1.82. The summed E-state index contributed by atoms with van der Waals surface area (Å²) in [5, 5.41) is 3.57. The lowest BCUT2D eigenvalue weighted by Crippen LogP contribution is -2.00. The lowest BCUT2D eigenvalue weighted by molar-refractivity contribution is 0.435. The van der Waals surface area contributed by atoms with Gasteiger partial charge < -0.3 is 10.3 Å². The van der Waals surface area contributed by atoms with E-state index in [2.05, 4.69) is 5.16 Å². The molecule has 17 heavy (non-hydrogen) atoms. The third kappa shape index (κ3) is 1.52. The molecular formula is C11H10N2O3S. The first-order valence-electron chi connectivity index (χ1n) is 5.15. The van der Waals surface area contributed by atoms with Gasteiger partial charge in [0.2, 0.25) is 0 Å². The molecule has 88 valence electrons. The predicted molar refractivity (Wildman–Crippen MR) is 62.1 cm³/mol. The molecule has 1 aromatic carbocycles. The first-order valence-corrected chi connectivity index (χ1v) is 6.80. The van der Waals surface area contributed by atoms with Gasteiger partial charge in [-0.1, -0.05) is 17.3 Å². The third-order valence-corrected chi connectivity index (χ3v) is 4.69. The van der Waals surface area contributed by atoms with E-state index in [0.29, 0.717) is 22.6 Å². The summed E-state index contributed by atoms with van der Waals surface area (Å²) < 4.78 is 29.0. The van der Waals surface area contributed by atoms with Crippen LogP contribution in [0, 0.1) is 0 Å². The fourth-order valence-electron chi connectivity index (χ4n) is 2.11. The number of nitrogen functional groups attached to an aromatic ring is 1. The second kappa shape index (κ2) is 3.33. The summed E-state index contributed by atoms with van der Waals surface area (Å²) in [7, 11) is -3.20. The highest BCUT2D eigenvalue weighted by atomic mass is 32.2. The first-order chi connectivity index (χ1) is 8.08. The van der Waals surface area contributed by atoms with Crippen molar-refractivity contribution in [1.82, 2.24) is 5.16 Å². The van der Waals surface area contributed by atoms with Gasteiger partial charge in [0.05, 0.1) is 10.6 Å². The Bertz CT molecular complexity index is 688. The number of aryl methyl sites for hydroxylation is 1. The minimum absolute atomic E-state index is 0.156. The van der Waals surface area contributed by atoms with Crippen molar-refractivity contribution in [3.8, 4) is 11.3 Å². The minimum Gasteiger partial charge on any atom is -0.381 e. The number of nitrogens with zero attached hydrogens (tertiary/aromatic N) is 1. The topological polar surface area (TPSA) is 86.2 Å². The van der Waals surface area contributed by atoms with E-state index in [0.717, 1.165) is 5.56 Å². The molecule has 0 spiro atoms. The van der Waals surface area contributed by atoms with E-state index in [1.165, 1.54) is 6.07 Å². The van der Waals surface area contributed by atoms with E-state index < -0.39 is 9.84 Å². The van der Waals surface area contributed by atoms with E-state index in [1.807, 2.05) is 12.1 Å². The van der Waals surface area contributed by atoms with Gasteiger partial charge in [0.15, 0.2) is 21.4 Å². The van der Waals surface area contributed by atoms with Crippen LogP contribution in [0.3, 0.4) is 0 Å². The molecule has 0 aliphatic carbocycles. The van der Waals surface area contributed by atoms with Crippen LogP contribution in [0.15, 0.2) is 33.7 Å². The second-order valence-electron chi connectivity index (χ2n) is 3.98. The Morgan fingerprint density at radius 3 is 2.88 bits per heavy atom. The zero-order chi connectivity index (χ0) is 12.0. The largest absolute Gasteiger partial charge is 0.381 e. The van der Waals surface area contributed by atoms with E-state index >= 15 is 0 Å². The minimum atomic E-state index is -3.20. The van der Waals surface area contributed by atoms with Crippen LogP contribution < -0.4 is 5.73 Å². The van der Waals surface area contributed by atoms with E-state index in [9.17, 15) is 8.42 Å². The highest BCUT2D eigenvalue weighted by Gasteiger charge is 2.30. The van der Waals surface area contributed by atoms with Crippen molar-refractivity contribution in [2.75, 3.05) is 11.5 Å². The van der Waals surface area contributed by atoms with Gasteiger partial charge in [-0.2, -0.15) is 0 Å². The van der Waals surface area contributed by atoms with Crippen molar-refractivity contribution < 1.29 is 12.9 Å². The van der Waals surface area contributed by atoms with Crippen molar-refractivity contribution in [3.63, 3.8) is 0 Å². The number of anilines is 1. The van der Waals surface area contributed by atoms with Crippen LogP contribution in [0.4, 0.5) is 5.82 Å². The quantitative estimate of drug-likeness (QED) is 0.823. The van der Waals surface area contributed by atoms with Crippen LogP contribution in [0.2, 0.25) is 0 Å². The van der Waals surface area contributed by atoms with Gasteiger partial charge in [0, 0.05) is 11.6 Å². The Kier molecular flexibility index (Phi) is 2.03. The van der Waals surface area contributed by atoms with E-state index in [1.54, 1.807) is 6.07 Å². The highest BCUT2D eigenvalue weighted by molar-refractivity contribution is 7.91.